The van der Waals surface area contributed by atoms with Crippen LogP contribution in [0.2, 0.25) is 0 Å². The Bertz CT molecular complexity index is 3390. The van der Waals surface area contributed by atoms with Crippen LogP contribution < -0.4 is 0 Å². The summed E-state index contributed by atoms with van der Waals surface area (Å²) in [5.41, 5.74) is 16.3. The summed E-state index contributed by atoms with van der Waals surface area (Å²) in [5, 5.41) is 5.10. The van der Waals surface area contributed by atoms with Gasteiger partial charge in [0.1, 0.15) is 0 Å². The lowest BCUT2D eigenvalue weighted by molar-refractivity contribution is 0.661. The second kappa shape index (κ2) is 12.9. The van der Waals surface area contributed by atoms with Crippen LogP contribution in [0, 0.1) is 0 Å². The van der Waals surface area contributed by atoms with E-state index in [1.807, 2.05) is 23.5 Å². The van der Waals surface area contributed by atoms with Crippen molar-refractivity contribution in [3.8, 4) is 61.8 Å². The number of fused-ring (bicyclic) bond motifs is 9. The number of para-hydroxylation sites is 1. The van der Waals surface area contributed by atoms with Gasteiger partial charge in [-0.25, -0.2) is 9.97 Å². The first kappa shape index (κ1) is 33.9. The van der Waals surface area contributed by atoms with E-state index in [9.17, 15) is 0 Å². The average molecular weight is 772 g/mol. The second-order valence-electron chi connectivity index (χ2n) is 16.2. The molecule has 4 heteroatoms. The molecule has 0 bridgehead atoms. The predicted molar refractivity (Wildman–Crippen MR) is 249 cm³/mol. The third kappa shape index (κ3) is 5.26. The second-order valence-corrected chi connectivity index (χ2v) is 17.2. The summed E-state index contributed by atoms with van der Waals surface area (Å²) in [4.78, 5) is 10.2. The first-order valence-electron chi connectivity index (χ1n) is 20.2. The van der Waals surface area contributed by atoms with Crippen LogP contribution in [0.4, 0.5) is 0 Å². The maximum Gasteiger partial charge on any atom is 0.160 e. The molecular formula is C55H37N3S. The monoisotopic (exact) mass is 771 g/mol. The minimum absolute atomic E-state index is 0.103. The van der Waals surface area contributed by atoms with Crippen molar-refractivity contribution >= 4 is 53.3 Å². The highest BCUT2D eigenvalue weighted by Gasteiger charge is 2.36. The molecular weight excluding hydrogens is 735 g/mol. The van der Waals surface area contributed by atoms with E-state index in [4.69, 9.17) is 9.97 Å². The summed E-state index contributed by atoms with van der Waals surface area (Å²) in [7, 11) is 0. The van der Waals surface area contributed by atoms with Crippen LogP contribution in [-0.4, -0.2) is 14.5 Å². The van der Waals surface area contributed by atoms with Gasteiger partial charge in [-0.3, -0.25) is 0 Å². The summed E-state index contributed by atoms with van der Waals surface area (Å²) in [6, 6.07) is 68.1. The lowest BCUT2D eigenvalue weighted by atomic mass is 9.82. The zero-order valence-electron chi connectivity index (χ0n) is 32.6. The Labute approximate surface area is 346 Å². The molecule has 0 aliphatic heterocycles. The molecule has 3 nitrogen and oxygen atoms in total. The van der Waals surface area contributed by atoms with E-state index in [1.165, 1.54) is 69.8 Å². The first-order chi connectivity index (χ1) is 29.0. The van der Waals surface area contributed by atoms with Gasteiger partial charge in [-0.1, -0.05) is 159 Å². The van der Waals surface area contributed by atoms with Crippen molar-refractivity contribution in [2.45, 2.75) is 19.3 Å². The van der Waals surface area contributed by atoms with Gasteiger partial charge in [-0.15, -0.1) is 11.3 Å². The molecule has 12 rings (SSSR count). The summed E-state index contributed by atoms with van der Waals surface area (Å²) < 4.78 is 5.08. The summed E-state index contributed by atoms with van der Waals surface area (Å²) in [6.45, 7) is 4.74. The Balaban J connectivity index is 1.06. The number of thiophene rings is 1. The SMILES string of the molecule is CC1(C)c2ccccc2-c2cc3c4ccccc4n(-c4cc(-c5ccc(-c6nc(-c7ccccc7)cc(-c7ccccc7)n6)cc5)c5sc6ccccc6c5c4)c3cc21. The molecule has 0 saturated carbocycles. The molecule has 0 spiro atoms. The molecule has 59 heavy (non-hydrogen) atoms. The molecule has 278 valence electrons. The van der Waals surface area contributed by atoms with Gasteiger partial charge in [0.15, 0.2) is 5.82 Å². The van der Waals surface area contributed by atoms with Gasteiger partial charge in [0.05, 0.1) is 22.4 Å². The Hall–Kier alpha value is -7.14. The number of hydrogen-bond acceptors (Lipinski definition) is 3. The Kier molecular flexibility index (Phi) is 7.44. The Morgan fingerprint density at radius 2 is 1.05 bits per heavy atom. The number of benzene rings is 8. The zero-order chi connectivity index (χ0) is 39.2. The fraction of sp³-hybridized carbons (Fsp3) is 0.0545. The van der Waals surface area contributed by atoms with Crippen molar-refractivity contribution in [3.05, 3.63) is 199 Å². The van der Waals surface area contributed by atoms with Gasteiger partial charge in [-0.05, 0) is 70.3 Å². The fourth-order valence-corrected chi connectivity index (χ4v) is 10.7. The Morgan fingerprint density at radius 1 is 0.424 bits per heavy atom. The van der Waals surface area contributed by atoms with Gasteiger partial charge >= 0.3 is 0 Å². The third-order valence-corrected chi connectivity index (χ3v) is 13.6. The molecule has 0 fully saturated rings. The summed E-state index contributed by atoms with van der Waals surface area (Å²) in [5.74, 6) is 0.709. The van der Waals surface area contributed by atoms with Crippen molar-refractivity contribution in [2.24, 2.45) is 0 Å². The number of rotatable bonds is 5. The normalized spacial score (nSPS) is 13.1. The van der Waals surface area contributed by atoms with E-state index in [0.717, 1.165) is 39.3 Å². The quantitative estimate of drug-likeness (QED) is 0.174. The van der Waals surface area contributed by atoms with Crippen LogP contribution in [0.25, 0.3) is 104 Å². The Morgan fingerprint density at radius 3 is 1.80 bits per heavy atom. The van der Waals surface area contributed by atoms with Gasteiger partial charge in [0, 0.05) is 64.3 Å². The standard InChI is InChI=1S/C55H37N3S/c1-55(2)46-22-12-9-19-39(46)43-31-44-40-20-10-13-23-50(40)58(51(44)32-47(43)55)38-29-42(53-45(30-38)41-21-11-14-24-52(41)59-53)34-25-27-37(28-26-34)54-56-48(35-15-5-3-6-16-35)33-49(57-54)36-17-7-4-8-18-36/h3-33H,1-2H3. The van der Waals surface area contributed by atoms with Crippen molar-refractivity contribution in [3.63, 3.8) is 0 Å². The molecule has 3 heterocycles. The summed E-state index contributed by atoms with van der Waals surface area (Å²) >= 11 is 1.87. The molecule has 11 aromatic rings. The predicted octanol–water partition coefficient (Wildman–Crippen LogP) is 14.9. The highest BCUT2D eigenvalue weighted by Crippen LogP contribution is 2.51. The number of nitrogens with zero attached hydrogens (tertiary/aromatic N) is 3. The minimum atomic E-state index is -0.103. The lowest BCUT2D eigenvalue weighted by Gasteiger charge is -2.21. The topological polar surface area (TPSA) is 30.7 Å². The number of aromatic nitrogens is 3. The van der Waals surface area contributed by atoms with Crippen molar-refractivity contribution < 1.29 is 0 Å². The highest BCUT2D eigenvalue weighted by molar-refractivity contribution is 7.26. The average Bonchev–Trinajstić information content (AvgIpc) is 3.91. The molecule has 0 unspecified atom stereocenters. The highest BCUT2D eigenvalue weighted by atomic mass is 32.1. The molecule has 3 aromatic heterocycles. The van der Waals surface area contributed by atoms with E-state index in [1.54, 1.807) is 0 Å². The van der Waals surface area contributed by atoms with Crippen molar-refractivity contribution in [1.29, 1.82) is 0 Å². The van der Waals surface area contributed by atoms with Gasteiger partial charge in [-0.2, -0.15) is 0 Å². The third-order valence-electron chi connectivity index (χ3n) is 12.4. The molecule has 0 saturated heterocycles. The molecule has 0 amide bonds. The fourth-order valence-electron chi connectivity index (χ4n) is 9.49. The van der Waals surface area contributed by atoms with Crippen LogP contribution in [0.1, 0.15) is 25.0 Å². The van der Waals surface area contributed by atoms with E-state index in [0.29, 0.717) is 5.82 Å². The van der Waals surface area contributed by atoms with Gasteiger partial charge < -0.3 is 4.57 Å². The molecule has 0 atom stereocenters. The summed E-state index contributed by atoms with van der Waals surface area (Å²) in [6.07, 6.45) is 0. The van der Waals surface area contributed by atoms with E-state index >= 15 is 0 Å². The van der Waals surface area contributed by atoms with Crippen LogP contribution in [0.3, 0.4) is 0 Å². The van der Waals surface area contributed by atoms with E-state index in [2.05, 4.69) is 194 Å². The molecule has 0 radical (unpaired) electrons. The maximum absolute atomic E-state index is 5.12. The number of hydrogen-bond donors (Lipinski definition) is 0. The largest absolute Gasteiger partial charge is 0.309 e. The van der Waals surface area contributed by atoms with Crippen LogP contribution in [-0.2, 0) is 5.41 Å². The molecule has 1 aliphatic carbocycles. The van der Waals surface area contributed by atoms with Crippen molar-refractivity contribution in [2.75, 3.05) is 0 Å². The van der Waals surface area contributed by atoms with Crippen LogP contribution in [0.15, 0.2) is 188 Å². The molecule has 1 aliphatic rings. The van der Waals surface area contributed by atoms with Crippen molar-refractivity contribution in [1.82, 2.24) is 14.5 Å². The smallest absolute Gasteiger partial charge is 0.160 e. The van der Waals surface area contributed by atoms with Gasteiger partial charge in [0.2, 0.25) is 0 Å². The minimum Gasteiger partial charge on any atom is -0.309 e. The van der Waals surface area contributed by atoms with Crippen LogP contribution >= 0.6 is 11.3 Å². The lowest BCUT2D eigenvalue weighted by Crippen LogP contribution is -2.14. The van der Waals surface area contributed by atoms with Crippen LogP contribution in [0.5, 0.6) is 0 Å². The molecule has 8 aromatic carbocycles. The van der Waals surface area contributed by atoms with Gasteiger partial charge in [0.25, 0.3) is 0 Å². The molecule has 0 N–H and O–H groups in total. The maximum atomic E-state index is 5.12. The zero-order valence-corrected chi connectivity index (χ0v) is 33.5. The van der Waals surface area contributed by atoms with E-state index in [-0.39, 0.29) is 5.41 Å². The van der Waals surface area contributed by atoms with E-state index < -0.39 is 0 Å². The first-order valence-corrected chi connectivity index (χ1v) is 21.1.